The van der Waals surface area contributed by atoms with Gasteiger partial charge in [-0.25, -0.2) is 0 Å². The zero-order valence-corrected chi connectivity index (χ0v) is 18.0. The third-order valence-corrected chi connectivity index (χ3v) is 6.81. The second-order valence-corrected chi connectivity index (χ2v) is 9.17. The van der Waals surface area contributed by atoms with Gasteiger partial charge in [-0.05, 0) is 60.2 Å². The quantitative estimate of drug-likeness (QED) is 0.535. The number of aromatic nitrogens is 1. The van der Waals surface area contributed by atoms with E-state index in [0.717, 1.165) is 11.2 Å². The summed E-state index contributed by atoms with van der Waals surface area (Å²) in [6.07, 6.45) is 5.70. The van der Waals surface area contributed by atoms with E-state index in [1.54, 1.807) is 0 Å². The third-order valence-electron chi connectivity index (χ3n) is 6.81. The molecule has 3 N–H and O–H groups in total. The number of rotatable bonds is 7. The average Bonchev–Trinajstić information content (AvgIpc) is 3.51. The van der Waals surface area contributed by atoms with Gasteiger partial charge in [-0.15, -0.1) is 0 Å². The Bertz CT molecular complexity index is 1020. The highest BCUT2D eigenvalue weighted by atomic mass is 16.5. The number of β-amino-alcohol motifs (C(OH)–C–C–N with tert-alkyl or cyclic N) is 1. The SMILES string of the molecule is OCC1CC(O)CN1Cc1cc2cc(-c3cccc(COC4CCCC4)c3)ccc2[nH]1. The summed E-state index contributed by atoms with van der Waals surface area (Å²) >= 11 is 0. The summed E-state index contributed by atoms with van der Waals surface area (Å²) in [7, 11) is 0. The van der Waals surface area contributed by atoms with Crippen molar-refractivity contribution in [2.24, 2.45) is 0 Å². The van der Waals surface area contributed by atoms with Crippen molar-refractivity contribution >= 4 is 10.9 Å². The first-order valence-corrected chi connectivity index (χ1v) is 11.5. The average molecular weight is 421 g/mol. The Kier molecular flexibility index (Phi) is 6.10. The smallest absolute Gasteiger partial charge is 0.0720 e. The standard InChI is InChI=1S/C26H32N2O3/c29-16-23-13-24(30)15-28(23)14-22-12-21-11-20(8-9-26(21)27-22)19-5-3-4-18(10-19)17-31-25-6-1-2-7-25/h3-5,8-12,23-25,27,29-30H,1-2,6-7,13-17H2. The highest BCUT2D eigenvalue weighted by molar-refractivity contribution is 5.86. The van der Waals surface area contributed by atoms with E-state index >= 15 is 0 Å². The molecule has 5 rings (SSSR count). The molecule has 2 fully saturated rings. The number of ether oxygens (including phenoxy) is 1. The maximum atomic E-state index is 9.93. The normalized spacial score (nSPS) is 22.6. The molecule has 1 saturated heterocycles. The number of benzene rings is 2. The number of fused-ring (bicyclic) bond motifs is 1. The van der Waals surface area contributed by atoms with Crippen LogP contribution in [0.25, 0.3) is 22.0 Å². The third kappa shape index (κ3) is 4.70. The summed E-state index contributed by atoms with van der Waals surface area (Å²) in [5.74, 6) is 0. The van der Waals surface area contributed by atoms with Gasteiger partial charge < -0.3 is 19.9 Å². The summed E-state index contributed by atoms with van der Waals surface area (Å²) < 4.78 is 6.10. The number of nitrogens with zero attached hydrogens (tertiary/aromatic N) is 1. The van der Waals surface area contributed by atoms with Crippen LogP contribution in [0.1, 0.15) is 43.4 Å². The van der Waals surface area contributed by atoms with Crippen LogP contribution in [0.2, 0.25) is 0 Å². The molecular formula is C26H32N2O3. The lowest BCUT2D eigenvalue weighted by Gasteiger charge is -2.21. The molecule has 1 aliphatic heterocycles. The van der Waals surface area contributed by atoms with Gasteiger partial charge in [-0.1, -0.05) is 37.1 Å². The molecule has 5 nitrogen and oxygen atoms in total. The molecular weight excluding hydrogens is 388 g/mol. The van der Waals surface area contributed by atoms with Gasteiger partial charge in [0.1, 0.15) is 0 Å². The van der Waals surface area contributed by atoms with Crippen LogP contribution in [-0.4, -0.2) is 51.5 Å². The Morgan fingerprint density at radius 2 is 1.87 bits per heavy atom. The molecule has 5 heteroatoms. The van der Waals surface area contributed by atoms with Gasteiger partial charge in [0, 0.05) is 35.7 Å². The molecule has 2 unspecified atom stereocenters. The van der Waals surface area contributed by atoms with Crippen LogP contribution in [0, 0.1) is 0 Å². The number of aliphatic hydroxyl groups excluding tert-OH is 2. The lowest BCUT2D eigenvalue weighted by atomic mass is 10.0. The lowest BCUT2D eigenvalue weighted by molar-refractivity contribution is 0.0457. The molecule has 0 bridgehead atoms. The summed E-state index contributed by atoms with van der Waals surface area (Å²) in [6, 6.07) is 17.4. The number of hydrogen-bond donors (Lipinski definition) is 3. The number of likely N-dealkylation sites (tertiary alicyclic amines) is 1. The number of aliphatic hydroxyl groups is 2. The van der Waals surface area contributed by atoms with Crippen molar-refractivity contribution in [2.75, 3.05) is 13.2 Å². The second-order valence-electron chi connectivity index (χ2n) is 9.17. The van der Waals surface area contributed by atoms with E-state index in [1.165, 1.54) is 47.8 Å². The first-order chi connectivity index (χ1) is 15.2. The molecule has 2 aliphatic rings. The minimum atomic E-state index is -0.349. The van der Waals surface area contributed by atoms with E-state index in [1.807, 2.05) is 0 Å². The Hall–Kier alpha value is -2.18. The first-order valence-electron chi connectivity index (χ1n) is 11.5. The Labute approximate surface area is 183 Å². The largest absolute Gasteiger partial charge is 0.395 e. The van der Waals surface area contributed by atoms with Crippen molar-refractivity contribution in [3.05, 3.63) is 59.8 Å². The van der Waals surface area contributed by atoms with E-state index in [0.29, 0.717) is 32.2 Å². The van der Waals surface area contributed by atoms with E-state index in [2.05, 4.69) is 58.4 Å². The minimum Gasteiger partial charge on any atom is -0.395 e. The molecule has 2 atom stereocenters. The van der Waals surface area contributed by atoms with Gasteiger partial charge in [0.05, 0.1) is 25.4 Å². The van der Waals surface area contributed by atoms with Gasteiger partial charge in [0.2, 0.25) is 0 Å². The summed E-state index contributed by atoms with van der Waals surface area (Å²) in [4.78, 5) is 5.66. The molecule has 0 spiro atoms. The van der Waals surface area contributed by atoms with Crippen molar-refractivity contribution in [3.63, 3.8) is 0 Å². The second kappa shape index (κ2) is 9.13. The van der Waals surface area contributed by atoms with Gasteiger partial charge >= 0.3 is 0 Å². The zero-order chi connectivity index (χ0) is 21.2. The van der Waals surface area contributed by atoms with Gasteiger partial charge in [0.25, 0.3) is 0 Å². The van der Waals surface area contributed by atoms with Crippen LogP contribution in [0.3, 0.4) is 0 Å². The Morgan fingerprint density at radius 1 is 1.03 bits per heavy atom. The van der Waals surface area contributed by atoms with Crippen molar-refractivity contribution in [1.82, 2.24) is 9.88 Å². The van der Waals surface area contributed by atoms with Crippen molar-refractivity contribution < 1.29 is 14.9 Å². The molecule has 31 heavy (non-hydrogen) atoms. The van der Waals surface area contributed by atoms with Gasteiger partial charge in [-0.2, -0.15) is 0 Å². The van der Waals surface area contributed by atoms with Crippen molar-refractivity contribution in [3.8, 4) is 11.1 Å². The summed E-state index contributed by atoms with van der Waals surface area (Å²) in [5, 5.41) is 20.7. The fraction of sp³-hybridized carbons (Fsp3) is 0.462. The molecule has 2 aromatic carbocycles. The van der Waals surface area contributed by atoms with E-state index in [9.17, 15) is 10.2 Å². The highest BCUT2D eigenvalue weighted by Crippen LogP contribution is 2.28. The fourth-order valence-corrected chi connectivity index (χ4v) is 5.13. The van der Waals surface area contributed by atoms with E-state index in [-0.39, 0.29) is 18.8 Å². The van der Waals surface area contributed by atoms with Crippen LogP contribution >= 0.6 is 0 Å². The minimum absolute atomic E-state index is 0.0335. The highest BCUT2D eigenvalue weighted by Gasteiger charge is 2.30. The van der Waals surface area contributed by atoms with E-state index in [4.69, 9.17) is 4.74 Å². The predicted molar refractivity (Wildman–Crippen MR) is 123 cm³/mol. The zero-order valence-electron chi connectivity index (χ0n) is 18.0. The molecule has 0 radical (unpaired) electrons. The Morgan fingerprint density at radius 3 is 2.71 bits per heavy atom. The maximum absolute atomic E-state index is 9.93. The molecule has 2 heterocycles. The molecule has 3 aromatic rings. The summed E-state index contributed by atoms with van der Waals surface area (Å²) in [6.45, 7) is 2.09. The van der Waals surface area contributed by atoms with Gasteiger partial charge in [0.15, 0.2) is 0 Å². The van der Waals surface area contributed by atoms with Crippen LogP contribution in [0.15, 0.2) is 48.5 Å². The van der Waals surface area contributed by atoms with Crippen LogP contribution in [-0.2, 0) is 17.9 Å². The van der Waals surface area contributed by atoms with Crippen molar-refractivity contribution in [2.45, 2.75) is 63.5 Å². The molecule has 1 saturated carbocycles. The maximum Gasteiger partial charge on any atom is 0.0720 e. The summed E-state index contributed by atoms with van der Waals surface area (Å²) in [5.41, 5.74) is 5.85. The number of hydrogen-bond acceptors (Lipinski definition) is 4. The topological polar surface area (TPSA) is 68.7 Å². The molecule has 1 aliphatic carbocycles. The van der Waals surface area contributed by atoms with Crippen LogP contribution < -0.4 is 0 Å². The fourth-order valence-electron chi connectivity index (χ4n) is 5.13. The van der Waals surface area contributed by atoms with Crippen molar-refractivity contribution in [1.29, 1.82) is 0 Å². The monoisotopic (exact) mass is 420 g/mol. The Balaban J connectivity index is 1.31. The number of nitrogens with one attached hydrogen (secondary N) is 1. The van der Waals surface area contributed by atoms with E-state index < -0.39 is 0 Å². The van der Waals surface area contributed by atoms with Crippen LogP contribution in [0.5, 0.6) is 0 Å². The number of H-pyrrole nitrogens is 1. The predicted octanol–water partition coefficient (Wildman–Crippen LogP) is 4.22. The van der Waals surface area contributed by atoms with Gasteiger partial charge in [-0.3, -0.25) is 4.90 Å². The first kappa shape index (κ1) is 20.7. The molecule has 0 amide bonds. The lowest BCUT2D eigenvalue weighted by Crippen LogP contribution is -2.31. The molecule has 164 valence electrons. The van der Waals surface area contributed by atoms with Crippen LogP contribution in [0.4, 0.5) is 0 Å². The number of aromatic amines is 1. The molecule has 1 aromatic heterocycles.